The van der Waals surface area contributed by atoms with Gasteiger partial charge in [-0.05, 0) is 26.0 Å². The Balaban J connectivity index is 2.91. The second-order valence-electron chi connectivity index (χ2n) is 3.77. The second kappa shape index (κ2) is 5.35. The zero-order valence-electron chi connectivity index (χ0n) is 10.3. The van der Waals surface area contributed by atoms with Crippen molar-refractivity contribution in [3.63, 3.8) is 0 Å². The molecule has 0 spiro atoms. The molecule has 0 saturated carbocycles. The number of para-hydroxylation sites is 1. The molecule has 0 radical (unpaired) electrons. The van der Waals surface area contributed by atoms with E-state index in [0.29, 0.717) is 0 Å². The first-order chi connectivity index (χ1) is 7.57. The van der Waals surface area contributed by atoms with Crippen LogP contribution in [0.2, 0.25) is 0 Å². The lowest BCUT2D eigenvalue weighted by atomic mass is 10.2. The van der Waals surface area contributed by atoms with Crippen molar-refractivity contribution in [2.24, 2.45) is 0 Å². The van der Waals surface area contributed by atoms with Crippen LogP contribution >= 0.6 is 0 Å². The number of carbonyl (C=O) groups is 1. The molecule has 0 amide bonds. The summed E-state index contributed by atoms with van der Waals surface area (Å²) in [4.78, 5) is 10.7. The smallest absolute Gasteiger partial charge is 0.147 e. The van der Waals surface area contributed by atoms with E-state index in [-0.39, 0.29) is 0 Å². The fourth-order valence-electron chi connectivity index (χ4n) is 1.38. The summed E-state index contributed by atoms with van der Waals surface area (Å²) in [5, 5.41) is 3.96. The molecule has 16 heavy (non-hydrogen) atoms. The van der Waals surface area contributed by atoms with Gasteiger partial charge in [-0.1, -0.05) is 18.2 Å². The number of hydrogen-bond acceptors (Lipinski definition) is 3. The zero-order valence-corrected chi connectivity index (χ0v) is 10.3. The molecule has 0 atom stereocenters. The van der Waals surface area contributed by atoms with Crippen molar-refractivity contribution in [1.82, 2.24) is 5.01 Å². The lowest BCUT2D eigenvalue weighted by molar-refractivity contribution is -0.105. The first kappa shape index (κ1) is 12.3. The van der Waals surface area contributed by atoms with Gasteiger partial charge in [0.2, 0.25) is 0 Å². The molecule has 1 aromatic rings. The molecule has 0 aliphatic rings. The van der Waals surface area contributed by atoms with E-state index in [0.717, 1.165) is 23.2 Å². The Morgan fingerprint density at radius 1 is 1.12 bits per heavy atom. The maximum absolute atomic E-state index is 10.7. The Kier molecular flexibility index (Phi) is 4.11. The van der Waals surface area contributed by atoms with Crippen molar-refractivity contribution < 1.29 is 4.79 Å². The van der Waals surface area contributed by atoms with Crippen LogP contribution in [0.25, 0.3) is 0 Å². The standard InChI is InChI=1S/C13H18N2O/c1-11(10-16)12(2)14(3)15(4)13-8-6-5-7-9-13/h5-10H,1-4H3/b12-11-. The van der Waals surface area contributed by atoms with Gasteiger partial charge in [0.25, 0.3) is 0 Å². The number of anilines is 1. The van der Waals surface area contributed by atoms with Crippen molar-refractivity contribution in [3.05, 3.63) is 41.6 Å². The van der Waals surface area contributed by atoms with Gasteiger partial charge in [-0.15, -0.1) is 0 Å². The third-order valence-corrected chi connectivity index (χ3v) is 2.81. The van der Waals surface area contributed by atoms with Crippen molar-refractivity contribution in [3.8, 4) is 0 Å². The Morgan fingerprint density at radius 2 is 1.69 bits per heavy atom. The van der Waals surface area contributed by atoms with Gasteiger partial charge in [0.1, 0.15) is 6.29 Å². The van der Waals surface area contributed by atoms with Crippen LogP contribution in [0.1, 0.15) is 13.8 Å². The predicted octanol–water partition coefficient (Wildman–Crippen LogP) is 2.46. The fourth-order valence-corrected chi connectivity index (χ4v) is 1.38. The Morgan fingerprint density at radius 3 is 2.19 bits per heavy atom. The maximum atomic E-state index is 10.7. The van der Waals surface area contributed by atoms with E-state index in [1.54, 1.807) is 0 Å². The highest BCUT2D eigenvalue weighted by molar-refractivity contribution is 5.73. The Hall–Kier alpha value is -1.77. The van der Waals surface area contributed by atoms with Crippen LogP contribution in [-0.4, -0.2) is 25.4 Å². The van der Waals surface area contributed by atoms with E-state index in [4.69, 9.17) is 0 Å². The molecule has 0 heterocycles. The minimum absolute atomic E-state index is 0.741. The van der Waals surface area contributed by atoms with E-state index >= 15 is 0 Å². The molecule has 0 aromatic heterocycles. The minimum Gasteiger partial charge on any atom is -0.298 e. The molecule has 0 bridgehead atoms. The number of benzene rings is 1. The average Bonchev–Trinajstić information content (AvgIpc) is 2.36. The number of allylic oxidation sites excluding steroid dienone is 2. The summed E-state index contributed by atoms with van der Waals surface area (Å²) < 4.78 is 0. The molecule has 0 aliphatic carbocycles. The lowest BCUT2D eigenvalue weighted by Gasteiger charge is -2.33. The van der Waals surface area contributed by atoms with E-state index in [1.807, 2.05) is 68.3 Å². The minimum atomic E-state index is 0.741. The molecule has 1 aromatic carbocycles. The largest absolute Gasteiger partial charge is 0.298 e. The highest BCUT2D eigenvalue weighted by atomic mass is 16.1. The first-order valence-electron chi connectivity index (χ1n) is 5.23. The third kappa shape index (κ3) is 2.63. The number of hydrogen-bond donors (Lipinski definition) is 0. The summed E-state index contributed by atoms with van der Waals surface area (Å²) in [7, 11) is 3.91. The van der Waals surface area contributed by atoms with Crippen LogP contribution in [0.15, 0.2) is 41.6 Å². The average molecular weight is 218 g/mol. The van der Waals surface area contributed by atoms with Gasteiger partial charge in [-0.2, -0.15) is 0 Å². The molecular formula is C13H18N2O. The van der Waals surface area contributed by atoms with Gasteiger partial charge < -0.3 is 0 Å². The maximum Gasteiger partial charge on any atom is 0.147 e. The first-order valence-corrected chi connectivity index (χ1v) is 5.23. The molecule has 0 N–H and O–H groups in total. The second-order valence-corrected chi connectivity index (χ2v) is 3.77. The lowest BCUT2D eigenvalue weighted by Crippen LogP contribution is -2.35. The van der Waals surface area contributed by atoms with Gasteiger partial charge in [0.15, 0.2) is 0 Å². The molecule has 0 aliphatic heterocycles. The molecule has 1 rings (SSSR count). The SMILES string of the molecule is C/C(C=O)=C(\C)N(C)N(C)c1ccccc1. The van der Waals surface area contributed by atoms with Crippen molar-refractivity contribution in [2.75, 3.05) is 19.1 Å². The van der Waals surface area contributed by atoms with Gasteiger partial charge in [-0.25, -0.2) is 0 Å². The summed E-state index contributed by atoms with van der Waals surface area (Å²) in [6.45, 7) is 3.75. The Bertz CT molecular complexity index is 384. The summed E-state index contributed by atoms with van der Waals surface area (Å²) in [5.41, 5.74) is 2.77. The number of hydrazine groups is 1. The van der Waals surface area contributed by atoms with Gasteiger partial charge in [-0.3, -0.25) is 14.8 Å². The van der Waals surface area contributed by atoms with Crippen LogP contribution in [-0.2, 0) is 4.79 Å². The summed E-state index contributed by atoms with van der Waals surface area (Å²) in [6, 6.07) is 10.0. The number of carbonyl (C=O) groups excluding carboxylic acids is 1. The number of aldehydes is 1. The van der Waals surface area contributed by atoms with Crippen LogP contribution in [0.5, 0.6) is 0 Å². The quantitative estimate of drug-likeness (QED) is 0.440. The molecule has 86 valence electrons. The van der Waals surface area contributed by atoms with Gasteiger partial charge in [0, 0.05) is 25.4 Å². The summed E-state index contributed by atoms with van der Waals surface area (Å²) in [6.07, 6.45) is 0.880. The third-order valence-electron chi connectivity index (χ3n) is 2.81. The van der Waals surface area contributed by atoms with Crippen LogP contribution in [0.3, 0.4) is 0 Å². The molecular weight excluding hydrogens is 200 g/mol. The van der Waals surface area contributed by atoms with Crippen molar-refractivity contribution in [1.29, 1.82) is 0 Å². The van der Waals surface area contributed by atoms with E-state index < -0.39 is 0 Å². The summed E-state index contributed by atoms with van der Waals surface area (Å²) >= 11 is 0. The van der Waals surface area contributed by atoms with Gasteiger partial charge >= 0.3 is 0 Å². The molecule has 3 nitrogen and oxygen atoms in total. The molecule has 0 unspecified atom stereocenters. The normalized spacial score (nSPS) is 11.8. The van der Waals surface area contributed by atoms with Gasteiger partial charge in [0.05, 0.1) is 5.69 Å². The predicted molar refractivity (Wildman–Crippen MR) is 67.0 cm³/mol. The molecule has 0 fully saturated rings. The molecule has 0 saturated heterocycles. The van der Waals surface area contributed by atoms with E-state index in [1.165, 1.54) is 0 Å². The number of nitrogens with zero attached hydrogens (tertiary/aromatic N) is 2. The molecule has 3 heteroatoms. The van der Waals surface area contributed by atoms with Crippen LogP contribution in [0.4, 0.5) is 5.69 Å². The highest BCUT2D eigenvalue weighted by Gasteiger charge is 2.09. The Labute approximate surface area is 96.9 Å². The number of rotatable bonds is 4. The van der Waals surface area contributed by atoms with E-state index in [9.17, 15) is 4.79 Å². The monoisotopic (exact) mass is 218 g/mol. The zero-order chi connectivity index (χ0) is 12.1. The van der Waals surface area contributed by atoms with E-state index in [2.05, 4.69) is 0 Å². The van der Waals surface area contributed by atoms with Crippen molar-refractivity contribution in [2.45, 2.75) is 13.8 Å². The van der Waals surface area contributed by atoms with Crippen LogP contribution < -0.4 is 5.01 Å². The highest BCUT2D eigenvalue weighted by Crippen LogP contribution is 2.16. The van der Waals surface area contributed by atoms with Crippen LogP contribution in [0, 0.1) is 0 Å². The van der Waals surface area contributed by atoms with Crippen molar-refractivity contribution >= 4 is 12.0 Å². The summed E-state index contributed by atoms with van der Waals surface area (Å²) in [5.74, 6) is 0. The fraction of sp³-hybridized carbons (Fsp3) is 0.308. The topological polar surface area (TPSA) is 23.6 Å².